The van der Waals surface area contributed by atoms with Crippen molar-refractivity contribution in [2.75, 3.05) is 0 Å². The molecule has 0 aliphatic carbocycles. The third-order valence-corrected chi connectivity index (χ3v) is 0.247. The Balaban J connectivity index is 0. The molecule has 0 aromatic heterocycles. The molecule has 0 fully saturated rings. The van der Waals surface area contributed by atoms with Crippen molar-refractivity contribution in [1.82, 2.24) is 6.15 Å². The van der Waals surface area contributed by atoms with Gasteiger partial charge in [-0.25, -0.2) is 4.79 Å². The molecule has 0 aromatic rings. The quantitative estimate of drug-likeness (QED) is 0.330. The summed E-state index contributed by atoms with van der Waals surface area (Å²) in [5.41, 5.74) is 0. The van der Waals surface area contributed by atoms with Crippen LogP contribution in [0, 0.1) is 0 Å². The van der Waals surface area contributed by atoms with E-state index >= 15 is 0 Å². The average molecular weight is 105 g/mol. The molecule has 0 saturated carbocycles. The Hall–Kier alpha value is -1.03. The number of carboxylic acid groups (broad SMARTS) is 1. The Morgan fingerprint density at radius 2 is 1.57 bits per heavy atom. The second-order valence-corrected chi connectivity index (χ2v) is 0.752. The summed E-state index contributed by atoms with van der Waals surface area (Å²) in [6.07, 6.45) is 0. The molecule has 4 heteroatoms. The minimum Gasteiger partial charge on any atom is -0.502 e. The van der Waals surface area contributed by atoms with Gasteiger partial charge in [0.2, 0.25) is 0 Å². The van der Waals surface area contributed by atoms with Crippen molar-refractivity contribution in [1.29, 1.82) is 0 Å². The predicted octanol–water partition coefficient (Wildman–Crippen LogP) is 0.305. The Morgan fingerprint density at radius 1 is 1.43 bits per heavy atom. The average Bonchev–Trinajstić information content (AvgIpc) is 1.36. The van der Waals surface area contributed by atoms with E-state index in [-0.39, 0.29) is 6.15 Å². The summed E-state index contributed by atoms with van der Waals surface area (Å²) in [6.45, 7) is 2.71. The number of hydrogen-bond donors (Lipinski definition) is 3. The van der Waals surface area contributed by atoms with Crippen LogP contribution >= 0.6 is 0 Å². The third kappa shape index (κ3) is 4.97. The van der Waals surface area contributed by atoms with Gasteiger partial charge in [-0.1, -0.05) is 0 Å². The third-order valence-electron chi connectivity index (χ3n) is 0.247. The van der Waals surface area contributed by atoms with Gasteiger partial charge in [0.05, 0.1) is 0 Å². The van der Waals surface area contributed by atoms with Gasteiger partial charge in [-0.3, -0.25) is 0 Å². The number of aliphatic hydroxyl groups excluding tert-OH is 1. The van der Waals surface area contributed by atoms with E-state index in [2.05, 4.69) is 6.58 Å². The van der Waals surface area contributed by atoms with Crippen LogP contribution in [0.5, 0.6) is 0 Å². The van der Waals surface area contributed by atoms with Crippen LogP contribution in [0.3, 0.4) is 0 Å². The zero-order valence-electron chi connectivity index (χ0n) is 3.72. The molecule has 0 rings (SSSR count). The zero-order chi connectivity index (χ0) is 5.15. The molecule has 5 N–H and O–H groups in total. The molecule has 42 valence electrons. The van der Waals surface area contributed by atoms with Gasteiger partial charge < -0.3 is 16.4 Å². The summed E-state index contributed by atoms with van der Waals surface area (Å²) in [6, 6.07) is 0. The molecule has 0 unspecified atom stereocenters. The van der Waals surface area contributed by atoms with Crippen molar-refractivity contribution in [3.8, 4) is 0 Å². The molecule has 0 bridgehead atoms. The van der Waals surface area contributed by atoms with Crippen molar-refractivity contribution < 1.29 is 15.0 Å². The summed E-state index contributed by atoms with van der Waals surface area (Å²) in [4.78, 5) is 9.35. The number of aliphatic hydroxyl groups is 1. The molecular formula is C3H7NO3. The number of carboxylic acids is 1. The van der Waals surface area contributed by atoms with Gasteiger partial charge in [0, 0.05) is 0 Å². The van der Waals surface area contributed by atoms with Crippen molar-refractivity contribution in [2.45, 2.75) is 0 Å². The van der Waals surface area contributed by atoms with Crippen molar-refractivity contribution >= 4 is 5.97 Å². The lowest BCUT2D eigenvalue weighted by atomic mass is 10.6. The Labute approximate surface area is 40.7 Å². The number of aliphatic carboxylic acids is 1. The van der Waals surface area contributed by atoms with Crippen molar-refractivity contribution in [2.24, 2.45) is 0 Å². The Kier molecular flexibility index (Phi) is 4.24. The van der Waals surface area contributed by atoms with Crippen molar-refractivity contribution in [3.63, 3.8) is 0 Å². The highest BCUT2D eigenvalue weighted by atomic mass is 16.4. The first-order chi connectivity index (χ1) is 2.64. The molecule has 0 amide bonds. The second-order valence-electron chi connectivity index (χ2n) is 0.752. The number of hydrogen-bond acceptors (Lipinski definition) is 3. The Morgan fingerprint density at radius 3 is 1.57 bits per heavy atom. The SMILES string of the molecule is C=C(O)C(=O)O.N. The first-order valence-electron chi connectivity index (χ1n) is 1.25. The van der Waals surface area contributed by atoms with E-state index in [0.29, 0.717) is 0 Å². The maximum atomic E-state index is 9.35. The van der Waals surface area contributed by atoms with Crippen LogP contribution in [0.15, 0.2) is 12.3 Å². The smallest absolute Gasteiger partial charge is 0.370 e. The summed E-state index contributed by atoms with van der Waals surface area (Å²) < 4.78 is 0. The molecular weight excluding hydrogens is 98.0 g/mol. The lowest BCUT2D eigenvalue weighted by Gasteiger charge is -1.79. The fraction of sp³-hybridized carbons (Fsp3) is 0. The van der Waals surface area contributed by atoms with E-state index in [4.69, 9.17) is 10.2 Å². The molecule has 0 aliphatic rings. The first kappa shape index (κ1) is 9.36. The molecule has 0 atom stereocenters. The van der Waals surface area contributed by atoms with Gasteiger partial charge in [0.15, 0.2) is 5.76 Å². The van der Waals surface area contributed by atoms with E-state index in [1.807, 2.05) is 0 Å². The molecule has 0 aliphatic heterocycles. The lowest BCUT2D eigenvalue weighted by Crippen LogP contribution is -1.95. The highest BCUT2D eigenvalue weighted by Crippen LogP contribution is 1.75. The van der Waals surface area contributed by atoms with Gasteiger partial charge in [0.1, 0.15) is 0 Å². The Bertz CT molecular complexity index is 76.2. The minimum absolute atomic E-state index is 0. The van der Waals surface area contributed by atoms with Crippen molar-refractivity contribution in [3.05, 3.63) is 12.3 Å². The topological polar surface area (TPSA) is 92.5 Å². The highest BCUT2D eigenvalue weighted by molar-refractivity contribution is 5.82. The predicted molar refractivity (Wildman–Crippen MR) is 24.4 cm³/mol. The normalized spacial score (nSPS) is 6.29. The number of rotatable bonds is 1. The molecule has 7 heavy (non-hydrogen) atoms. The summed E-state index contributed by atoms with van der Waals surface area (Å²) >= 11 is 0. The van der Waals surface area contributed by atoms with E-state index in [9.17, 15) is 4.79 Å². The largest absolute Gasteiger partial charge is 0.502 e. The summed E-state index contributed by atoms with van der Waals surface area (Å²) in [7, 11) is 0. The molecule has 0 radical (unpaired) electrons. The van der Waals surface area contributed by atoms with Gasteiger partial charge >= 0.3 is 5.97 Å². The van der Waals surface area contributed by atoms with Gasteiger partial charge in [-0.2, -0.15) is 0 Å². The second kappa shape index (κ2) is 3.17. The first-order valence-corrected chi connectivity index (χ1v) is 1.25. The molecule has 0 aromatic carbocycles. The fourth-order valence-electron chi connectivity index (χ4n) is 0. The maximum absolute atomic E-state index is 9.35. The van der Waals surface area contributed by atoms with Crippen LogP contribution in [-0.2, 0) is 4.79 Å². The standard InChI is InChI=1S/C3H4O3.H3N/c1-2(4)3(5)6;/h4H,1H2,(H,5,6);1H3. The van der Waals surface area contributed by atoms with Crippen LogP contribution in [0.25, 0.3) is 0 Å². The van der Waals surface area contributed by atoms with Crippen LogP contribution in [0.4, 0.5) is 0 Å². The maximum Gasteiger partial charge on any atom is 0.370 e. The summed E-state index contributed by atoms with van der Waals surface area (Å²) in [5, 5.41) is 15.5. The molecule has 0 saturated heterocycles. The van der Waals surface area contributed by atoms with E-state index in [0.717, 1.165) is 0 Å². The lowest BCUT2D eigenvalue weighted by molar-refractivity contribution is -0.135. The fourth-order valence-corrected chi connectivity index (χ4v) is 0. The number of carbonyl (C=O) groups is 1. The molecule has 0 heterocycles. The van der Waals surface area contributed by atoms with E-state index < -0.39 is 11.7 Å². The van der Waals surface area contributed by atoms with Crippen LogP contribution in [0.1, 0.15) is 0 Å². The van der Waals surface area contributed by atoms with Gasteiger partial charge in [-0.05, 0) is 6.58 Å². The van der Waals surface area contributed by atoms with Crippen LogP contribution in [-0.4, -0.2) is 16.2 Å². The van der Waals surface area contributed by atoms with Crippen LogP contribution < -0.4 is 6.15 Å². The van der Waals surface area contributed by atoms with E-state index in [1.165, 1.54) is 0 Å². The molecule has 0 spiro atoms. The highest BCUT2D eigenvalue weighted by Gasteiger charge is 1.94. The monoisotopic (exact) mass is 105 g/mol. The van der Waals surface area contributed by atoms with Gasteiger partial charge in [-0.15, -0.1) is 0 Å². The van der Waals surface area contributed by atoms with Gasteiger partial charge in [0.25, 0.3) is 0 Å². The summed E-state index contributed by atoms with van der Waals surface area (Å²) in [5.74, 6) is -2.20. The zero-order valence-corrected chi connectivity index (χ0v) is 3.72. The molecule has 4 nitrogen and oxygen atoms in total. The van der Waals surface area contributed by atoms with E-state index in [1.54, 1.807) is 0 Å². The minimum atomic E-state index is -1.38. The van der Waals surface area contributed by atoms with Crippen LogP contribution in [0.2, 0.25) is 0 Å².